The van der Waals surface area contributed by atoms with Gasteiger partial charge in [-0.1, -0.05) is 0 Å². The van der Waals surface area contributed by atoms with Crippen LogP contribution in [0, 0.1) is 0 Å². The SMILES string of the molecule is O=C(Nc1nc(CCl)cs1)C1CCCO1. The Morgan fingerprint density at radius 2 is 2.67 bits per heavy atom. The molecule has 0 aliphatic carbocycles. The van der Waals surface area contributed by atoms with E-state index < -0.39 is 0 Å². The summed E-state index contributed by atoms with van der Waals surface area (Å²) in [6.07, 6.45) is 1.43. The van der Waals surface area contributed by atoms with Crippen LogP contribution in [0.15, 0.2) is 5.38 Å². The third-order valence-corrected chi connectivity index (χ3v) is 3.22. The molecule has 0 aromatic carbocycles. The summed E-state index contributed by atoms with van der Waals surface area (Å²) in [5.41, 5.74) is 0.782. The van der Waals surface area contributed by atoms with Crippen molar-refractivity contribution in [1.29, 1.82) is 0 Å². The van der Waals surface area contributed by atoms with Crippen LogP contribution in [0.1, 0.15) is 18.5 Å². The highest BCUT2D eigenvalue weighted by Gasteiger charge is 2.24. The van der Waals surface area contributed by atoms with Crippen molar-refractivity contribution in [2.24, 2.45) is 0 Å². The summed E-state index contributed by atoms with van der Waals surface area (Å²) >= 11 is 6.99. The van der Waals surface area contributed by atoms with E-state index in [9.17, 15) is 4.79 Å². The molecule has 1 atom stereocenters. The Kier molecular flexibility index (Phi) is 3.56. The Bertz CT molecular complexity index is 350. The highest BCUT2D eigenvalue weighted by Crippen LogP contribution is 2.19. The quantitative estimate of drug-likeness (QED) is 0.830. The van der Waals surface area contributed by atoms with Gasteiger partial charge in [0.25, 0.3) is 5.91 Å². The van der Waals surface area contributed by atoms with E-state index in [1.807, 2.05) is 5.38 Å². The fourth-order valence-electron chi connectivity index (χ4n) is 1.40. The van der Waals surface area contributed by atoms with Crippen LogP contribution in [0.4, 0.5) is 5.13 Å². The van der Waals surface area contributed by atoms with Crippen molar-refractivity contribution in [3.63, 3.8) is 0 Å². The summed E-state index contributed by atoms with van der Waals surface area (Å²) < 4.78 is 5.26. The number of thiazole rings is 1. The number of aromatic nitrogens is 1. The predicted octanol–water partition coefficient (Wildman–Crippen LogP) is 2.00. The van der Waals surface area contributed by atoms with Crippen LogP contribution in [0.5, 0.6) is 0 Å². The summed E-state index contributed by atoms with van der Waals surface area (Å²) in [7, 11) is 0. The molecule has 82 valence electrons. The van der Waals surface area contributed by atoms with Gasteiger partial charge >= 0.3 is 0 Å². The van der Waals surface area contributed by atoms with Crippen LogP contribution in [0.25, 0.3) is 0 Å². The van der Waals surface area contributed by atoms with Crippen LogP contribution in [0.3, 0.4) is 0 Å². The number of carbonyl (C=O) groups is 1. The zero-order valence-electron chi connectivity index (χ0n) is 8.03. The number of hydrogen-bond donors (Lipinski definition) is 1. The molecule has 1 N–H and O–H groups in total. The van der Waals surface area contributed by atoms with Gasteiger partial charge in [-0.3, -0.25) is 10.1 Å². The van der Waals surface area contributed by atoms with Gasteiger partial charge in [0.05, 0.1) is 11.6 Å². The number of alkyl halides is 1. The molecule has 1 fully saturated rings. The summed E-state index contributed by atoms with van der Waals surface area (Å²) in [6, 6.07) is 0. The number of nitrogens with one attached hydrogen (secondary N) is 1. The zero-order chi connectivity index (χ0) is 10.7. The predicted molar refractivity (Wildman–Crippen MR) is 59.3 cm³/mol. The average Bonchev–Trinajstić information content (AvgIpc) is 2.87. The van der Waals surface area contributed by atoms with Crippen molar-refractivity contribution in [1.82, 2.24) is 4.98 Å². The van der Waals surface area contributed by atoms with Gasteiger partial charge in [-0.05, 0) is 12.8 Å². The van der Waals surface area contributed by atoms with Gasteiger partial charge in [0.2, 0.25) is 0 Å². The fraction of sp³-hybridized carbons (Fsp3) is 0.556. The topological polar surface area (TPSA) is 51.2 Å². The third kappa shape index (κ3) is 2.68. The summed E-state index contributed by atoms with van der Waals surface area (Å²) in [5.74, 6) is 0.259. The number of rotatable bonds is 3. The minimum Gasteiger partial charge on any atom is -0.368 e. The van der Waals surface area contributed by atoms with E-state index in [4.69, 9.17) is 16.3 Å². The Labute approximate surface area is 96.6 Å². The van der Waals surface area contributed by atoms with Crippen molar-refractivity contribution in [3.8, 4) is 0 Å². The van der Waals surface area contributed by atoms with E-state index in [-0.39, 0.29) is 12.0 Å². The Morgan fingerprint density at radius 3 is 3.27 bits per heavy atom. The lowest BCUT2D eigenvalue weighted by Gasteiger charge is -2.07. The molecule has 0 spiro atoms. The second-order valence-corrected chi connectivity index (χ2v) is 4.39. The Morgan fingerprint density at radius 1 is 1.80 bits per heavy atom. The van der Waals surface area contributed by atoms with Gasteiger partial charge < -0.3 is 4.74 Å². The van der Waals surface area contributed by atoms with Crippen LogP contribution in [-0.2, 0) is 15.4 Å². The van der Waals surface area contributed by atoms with Crippen molar-refractivity contribution in [2.45, 2.75) is 24.8 Å². The van der Waals surface area contributed by atoms with Crippen LogP contribution in [0.2, 0.25) is 0 Å². The molecule has 1 amide bonds. The molecule has 0 bridgehead atoms. The lowest BCUT2D eigenvalue weighted by atomic mass is 10.2. The van der Waals surface area contributed by atoms with Gasteiger partial charge in [-0.2, -0.15) is 0 Å². The van der Waals surface area contributed by atoms with Gasteiger partial charge in [-0.15, -0.1) is 22.9 Å². The first kappa shape index (κ1) is 10.9. The van der Waals surface area contributed by atoms with Crippen molar-refractivity contribution >= 4 is 34.0 Å². The van der Waals surface area contributed by atoms with E-state index in [1.54, 1.807) is 0 Å². The number of ether oxygens (including phenoxy) is 1. The number of carbonyl (C=O) groups excluding carboxylic acids is 1. The molecule has 2 rings (SSSR count). The first-order valence-electron chi connectivity index (χ1n) is 4.72. The smallest absolute Gasteiger partial charge is 0.255 e. The normalized spacial score (nSPS) is 20.5. The molecular formula is C9H11ClN2O2S. The molecule has 1 unspecified atom stereocenters. The molecule has 1 aromatic heterocycles. The minimum atomic E-state index is -0.312. The number of anilines is 1. The molecule has 4 nitrogen and oxygen atoms in total. The highest BCUT2D eigenvalue weighted by atomic mass is 35.5. The molecule has 2 heterocycles. The second kappa shape index (κ2) is 4.92. The van der Waals surface area contributed by atoms with Gasteiger partial charge in [0, 0.05) is 12.0 Å². The molecule has 1 saturated heterocycles. The van der Waals surface area contributed by atoms with Gasteiger partial charge in [0.1, 0.15) is 6.10 Å². The summed E-state index contributed by atoms with van der Waals surface area (Å²) in [4.78, 5) is 15.7. The standard InChI is InChI=1S/C9H11ClN2O2S/c10-4-6-5-15-9(11-6)12-8(13)7-2-1-3-14-7/h5,7H,1-4H2,(H,11,12,13). The monoisotopic (exact) mass is 246 g/mol. The maximum Gasteiger partial charge on any atom is 0.255 e. The number of nitrogens with zero attached hydrogens (tertiary/aromatic N) is 1. The third-order valence-electron chi connectivity index (χ3n) is 2.14. The molecule has 15 heavy (non-hydrogen) atoms. The number of halogens is 1. The highest BCUT2D eigenvalue weighted by molar-refractivity contribution is 7.14. The van der Waals surface area contributed by atoms with Gasteiger partial charge in [0.15, 0.2) is 5.13 Å². The fourth-order valence-corrected chi connectivity index (χ4v) is 2.34. The molecule has 0 radical (unpaired) electrons. The minimum absolute atomic E-state index is 0.108. The second-order valence-electron chi connectivity index (χ2n) is 3.27. The molecule has 1 aromatic rings. The van der Waals surface area contributed by atoms with E-state index in [0.717, 1.165) is 18.5 Å². The van der Waals surface area contributed by atoms with E-state index in [0.29, 0.717) is 17.6 Å². The maximum atomic E-state index is 11.6. The zero-order valence-corrected chi connectivity index (χ0v) is 9.61. The van der Waals surface area contributed by atoms with E-state index >= 15 is 0 Å². The van der Waals surface area contributed by atoms with Crippen molar-refractivity contribution in [3.05, 3.63) is 11.1 Å². The van der Waals surface area contributed by atoms with E-state index in [1.165, 1.54) is 11.3 Å². The maximum absolute atomic E-state index is 11.6. The first-order chi connectivity index (χ1) is 7.29. The lowest BCUT2D eigenvalue weighted by molar-refractivity contribution is -0.124. The summed E-state index contributed by atoms with van der Waals surface area (Å²) in [6.45, 7) is 0.670. The number of amides is 1. The average molecular weight is 247 g/mol. The molecular weight excluding hydrogens is 236 g/mol. The Hall–Kier alpha value is -0.650. The number of hydrogen-bond acceptors (Lipinski definition) is 4. The van der Waals surface area contributed by atoms with Crippen molar-refractivity contribution in [2.75, 3.05) is 11.9 Å². The summed E-state index contributed by atoms with van der Waals surface area (Å²) in [5, 5.41) is 5.14. The molecule has 1 aliphatic rings. The largest absolute Gasteiger partial charge is 0.368 e. The Balaban J connectivity index is 1.92. The van der Waals surface area contributed by atoms with Gasteiger partial charge in [-0.25, -0.2) is 4.98 Å². The first-order valence-corrected chi connectivity index (χ1v) is 6.14. The van der Waals surface area contributed by atoms with Crippen LogP contribution in [-0.4, -0.2) is 23.6 Å². The molecule has 1 aliphatic heterocycles. The molecule has 0 saturated carbocycles. The van der Waals surface area contributed by atoms with Crippen LogP contribution >= 0.6 is 22.9 Å². The molecule has 6 heteroatoms. The van der Waals surface area contributed by atoms with Crippen molar-refractivity contribution < 1.29 is 9.53 Å². The van der Waals surface area contributed by atoms with Crippen LogP contribution < -0.4 is 5.32 Å². The van der Waals surface area contributed by atoms with E-state index in [2.05, 4.69) is 10.3 Å². The lowest BCUT2D eigenvalue weighted by Crippen LogP contribution is -2.26.